The van der Waals surface area contributed by atoms with Crippen molar-refractivity contribution in [3.8, 4) is 0 Å². The maximum absolute atomic E-state index is 13.5. The average molecular weight is 450 g/mol. The topological polar surface area (TPSA) is 72.5 Å². The summed E-state index contributed by atoms with van der Waals surface area (Å²) in [5.74, 6) is -1.48. The Morgan fingerprint density at radius 2 is 1.47 bits per heavy atom. The first kappa shape index (κ1) is 23.2. The summed E-state index contributed by atoms with van der Waals surface area (Å²) in [7, 11) is 0. The first-order valence-corrected chi connectivity index (χ1v) is 10.8. The number of nitrogens with one attached hydrogen (secondary N) is 1. The van der Waals surface area contributed by atoms with Gasteiger partial charge in [-0.2, -0.15) is 0 Å². The predicted molar refractivity (Wildman–Crippen MR) is 125 cm³/mol. The summed E-state index contributed by atoms with van der Waals surface area (Å²) in [5, 5.41) is 2.81. The summed E-state index contributed by atoms with van der Waals surface area (Å²) in [4.78, 5) is 39.5. The van der Waals surface area contributed by atoms with Gasteiger partial charge < -0.3 is 10.1 Å². The molecule has 1 unspecified atom stereocenters. The summed E-state index contributed by atoms with van der Waals surface area (Å²) in [6.07, 6.45) is 0.332. The quantitative estimate of drug-likeness (QED) is 0.210. The van der Waals surface area contributed by atoms with Crippen molar-refractivity contribution in [1.82, 2.24) is 0 Å². The summed E-state index contributed by atoms with van der Waals surface area (Å²) < 4.78 is 5.08. The van der Waals surface area contributed by atoms with E-state index in [1.165, 1.54) is 0 Å². The maximum atomic E-state index is 13.5. The predicted octanol–water partition coefficient (Wildman–Crippen LogP) is 5.23. The zero-order valence-corrected chi connectivity index (χ0v) is 18.5. The first-order chi connectivity index (χ1) is 15.5. The Morgan fingerprint density at radius 1 is 0.875 bits per heavy atom. The monoisotopic (exact) mass is 449 g/mol. The molecule has 0 saturated heterocycles. The van der Waals surface area contributed by atoms with Gasteiger partial charge in [-0.15, -0.1) is 0 Å². The number of halogens is 1. The normalized spacial score (nSPS) is 12.4. The van der Waals surface area contributed by atoms with E-state index in [1.807, 2.05) is 36.4 Å². The number of carbonyl (C=O) groups is 3. The number of anilines is 1. The van der Waals surface area contributed by atoms with Crippen LogP contribution in [0.2, 0.25) is 0 Å². The van der Waals surface area contributed by atoms with Crippen molar-refractivity contribution in [2.45, 2.75) is 19.8 Å². The SMILES string of the molecule is CCC(Cc1ccccc1)(C(=O)Nc1ccccc1C(=O)c1ccccc1)C(=O)OCCl. The number of alkyl halides is 1. The third kappa shape index (κ3) is 5.06. The van der Waals surface area contributed by atoms with Crippen LogP contribution in [-0.2, 0) is 20.7 Å². The molecule has 0 bridgehead atoms. The molecule has 0 aliphatic rings. The van der Waals surface area contributed by atoms with E-state index in [-0.39, 0.29) is 24.7 Å². The molecule has 5 nitrogen and oxygen atoms in total. The van der Waals surface area contributed by atoms with E-state index in [0.29, 0.717) is 16.8 Å². The molecule has 1 amide bonds. The second-order valence-corrected chi connectivity index (χ2v) is 7.55. The number of esters is 1. The number of ether oxygens (including phenoxy) is 1. The van der Waals surface area contributed by atoms with Crippen LogP contribution in [0.25, 0.3) is 0 Å². The van der Waals surface area contributed by atoms with Gasteiger partial charge >= 0.3 is 5.97 Å². The van der Waals surface area contributed by atoms with E-state index < -0.39 is 17.3 Å². The zero-order chi connectivity index (χ0) is 23.0. The van der Waals surface area contributed by atoms with Crippen LogP contribution in [0, 0.1) is 5.41 Å². The van der Waals surface area contributed by atoms with E-state index >= 15 is 0 Å². The van der Waals surface area contributed by atoms with Gasteiger partial charge in [0.05, 0.1) is 5.69 Å². The largest absolute Gasteiger partial charge is 0.449 e. The Balaban J connectivity index is 1.96. The lowest BCUT2D eigenvalue weighted by atomic mass is 9.78. The Bertz CT molecular complexity index is 1090. The molecule has 3 aromatic carbocycles. The van der Waals surface area contributed by atoms with E-state index in [9.17, 15) is 14.4 Å². The molecule has 1 atom stereocenters. The highest BCUT2D eigenvalue weighted by Crippen LogP contribution is 2.32. The van der Waals surface area contributed by atoms with Crippen LogP contribution >= 0.6 is 11.6 Å². The molecule has 6 heteroatoms. The van der Waals surface area contributed by atoms with Gasteiger partial charge in [-0.3, -0.25) is 14.4 Å². The molecule has 1 N–H and O–H groups in total. The average Bonchev–Trinajstić information content (AvgIpc) is 2.83. The summed E-state index contributed by atoms with van der Waals surface area (Å²) in [5.41, 5.74) is 0.476. The van der Waals surface area contributed by atoms with Crippen molar-refractivity contribution in [2.24, 2.45) is 5.41 Å². The number of para-hydroxylation sites is 1. The summed E-state index contributed by atoms with van der Waals surface area (Å²) in [6.45, 7) is 1.75. The molecule has 0 saturated carbocycles. The maximum Gasteiger partial charge on any atom is 0.323 e. The Kier molecular flexibility index (Phi) is 7.79. The summed E-state index contributed by atoms with van der Waals surface area (Å²) in [6, 6.07) is 24.4. The van der Waals surface area contributed by atoms with Crippen molar-refractivity contribution < 1.29 is 19.1 Å². The highest BCUT2D eigenvalue weighted by atomic mass is 35.5. The lowest BCUT2D eigenvalue weighted by Gasteiger charge is -2.29. The van der Waals surface area contributed by atoms with E-state index in [0.717, 1.165) is 5.56 Å². The molecular formula is C26H24ClNO4. The van der Waals surface area contributed by atoms with Crippen molar-refractivity contribution in [2.75, 3.05) is 11.4 Å². The van der Waals surface area contributed by atoms with Crippen LogP contribution < -0.4 is 5.32 Å². The molecule has 3 rings (SSSR count). The molecule has 0 aliphatic heterocycles. The molecule has 0 fully saturated rings. The number of hydrogen-bond acceptors (Lipinski definition) is 4. The van der Waals surface area contributed by atoms with Gasteiger partial charge in [-0.05, 0) is 30.5 Å². The highest BCUT2D eigenvalue weighted by molar-refractivity contribution is 6.18. The van der Waals surface area contributed by atoms with Gasteiger partial charge in [0.2, 0.25) is 5.91 Å². The fourth-order valence-corrected chi connectivity index (χ4v) is 3.68. The van der Waals surface area contributed by atoms with Crippen molar-refractivity contribution in [3.63, 3.8) is 0 Å². The minimum Gasteiger partial charge on any atom is -0.449 e. The number of rotatable bonds is 9. The smallest absolute Gasteiger partial charge is 0.323 e. The standard InChI is InChI=1S/C26H24ClNO4/c1-2-26(25(31)32-18-27,17-19-11-5-3-6-12-19)24(30)28-22-16-10-9-15-21(22)23(29)20-13-7-4-8-14-20/h3-16H,2,17-18H2,1H3,(H,28,30). The fourth-order valence-electron chi connectivity index (χ4n) is 3.58. The molecule has 3 aromatic rings. The number of amides is 1. The van der Waals surface area contributed by atoms with Gasteiger partial charge in [-0.25, -0.2) is 0 Å². The molecule has 0 spiro atoms. The van der Waals surface area contributed by atoms with Gasteiger partial charge in [-0.1, -0.05) is 91.3 Å². The number of hydrogen-bond donors (Lipinski definition) is 1. The van der Waals surface area contributed by atoms with Gasteiger partial charge in [0.1, 0.15) is 0 Å². The first-order valence-electron chi connectivity index (χ1n) is 10.3. The summed E-state index contributed by atoms with van der Waals surface area (Å²) >= 11 is 5.64. The molecule has 0 aliphatic carbocycles. The van der Waals surface area contributed by atoms with Crippen molar-refractivity contribution in [1.29, 1.82) is 0 Å². The van der Waals surface area contributed by atoms with Crippen LogP contribution in [0.5, 0.6) is 0 Å². The van der Waals surface area contributed by atoms with Crippen LogP contribution in [0.4, 0.5) is 5.69 Å². The van der Waals surface area contributed by atoms with Gasteiger partial charge in [0.15, 0.2) is 17.3 Å². The molecule has 0 radical (unpaired) electrons. The zero-order valence-electron chi connectivity index (χ0n) is 17.7. The minimum absolute atomic E-state index is 0.140. The van der Waals surface area contributed by atoms with Crippen molar-refractivity contribution in [3.05, 3.63) is 102 Å². The van der Waals surface area contributed by atoms with Crippen LogP contribution in [0.3, 0.4) is 0 Å². The van der Waals surface area contributed by atoms with Crippen molar-refractivity contribution >= 4 is 34.9 Å². The highest BCUT2D eigenvalue weighted by Gasteiger charge is 2.46. The lowest BCUT2D eigenvalue weighted by molar-refractivity contribution is -0.158. The molecule has 32 heavy (non-hydrogen) atoms. The molecule has 0 heterocycles. The molecule has 164 valence electrons. The van der Waals surface area contributed by atoms with Crippen LogP contribution in [0.15, 0.2) is 84.9 Å². The third-order valence-electron chi connectivity index (χ3n) is 5.42. The third-order valence-corrected chi connectivity index (χ3v) is 5.53. The van der Waals surface area contributed by atoms with Gasteiger partial charge in [0.25, 0.3) is 0 Å². The molecule has 0 aromatic heterocycles. The molecular weight excluding hydrogens is 426 g/mol. The van der Waals surface area contributed by atoms with Crippen LogP contribution in [0.1, 0.15) is 34.8 Å². The number of carbonyl (C=O) groups excluding carboxylic acids is 3. The lowest BCUT2D eigenvalue weighted by Crippen LogP contribution is -2.45. The fraction of sp³-hybridized carbons (Fsp3) is 0.192. The minimum atomic E-state index is -1.50. The van der Waals surface area contributed by atoms with Crippen LogP contribution in [-0.4, -0.2) is 23.7 Å². The van der Waals surface area contributed by atoms with E-state index in [2.05, 4.69) is 5.32 Å². The Labute approximate surface area is 192 Å². The number of benzene rings is 3. The Hall–Kier alpha value is -3.44. The van der Waals surface area contributed by atoms with Gasteiger partial charge in [0, 0.05) is 11.1 Å². The second kappa shape index (κ2) is 10.7. The van der Waals surface area contributed by atoms with E-state index in [1.54, 1.807) is 55.5 Å². The van der Waals surface area contributed by atoms with E-state index in [4.69, 9.17) is 16.3 Å². The second-order valence-electron chi connectivity index (χ2n) is 7.33. The Morgan fingerprint density at radius 3 is 2.09 bits per heavy atom. The number of ketones is 1.